The van der Waals surface area contributed by atoms with E-state index < -0.39 is 23.7 Å². The van der Waals surface area contributed by atoms with Crippen molar-refractivity contribution >= 4 is 11.9 Å². The normalized spacial score (nSPS) is 12.3. The average Bonchev–Trinajstić information content (AvgIpc) is 2.25. The predicted octanol–water partition coefficient (Wildman–Crippen LogP) is 2.36. The summed E-state index contributed by atoms with van der Waals surface area (Å²) in [6.07, 6.45) is 0.329. The summed E-state index contributed by atoms with van der Waals surface area (Å²) in [5, 5.41) is 11.5. The number of carboxylic acids is 1. The van der Waals surface area contributed by atoms with Crippen LogP contribution in [0.25, 0.3) is 0 Å². The highest BCUT2D eigenvalue weighted by Crippen LogP contribution is 2.10. The first-order chi connectivity index (χ1) is 8.79. The predicted molar refractivity (Wildman–Crippen MR) is 69.5 cm³/mol. The molecule has 19 heavy (non-hydrogen) atoms. The highest BCUT2D eigenvalue weighted by molar-refractivity contribution is 5.96. The molecule has 0 aliphatic rings. The molecule has 0 saturated carbocycles. The molecule has 0 fully saturated rings. The molecule has 4 nitrogen and oxygen atoms in total. The molecule has 1 atom stereocenters. The summed E-state index contributed by atoms with van der Waals surface area (Å²) in [4.78, 5) is 23.0. The van der Waals surface area contributed by atoms with Crippen molar-refractivity contribution in [3.8, 4) is 0 Å². The van der Waals surface area contributed by atoms with E-state index in [1.165, 1.54) is 12.1 Å². The highest BCUT2D eigenvalue weighted by atomic mass is 19.1. The fourth-order valence-electron chi connectivity index (χ4n) is 1.80. The number of carboxylic acid groups (broad SMARTS) is 1. The summed E-state index contributed by atoms with van der Waals surface area (Å²) in [5.41, 5.74) is 0.744. The van der Waals surface area contributed by atoms with Crippen molar-refractivity contribution in [3.63, 3.8) is 0 Å². The summed E-state index contributed by atoms with van der Waals surface area (Å²) in [6, 6.07) is 2.96. The number of rotatable bonds is 5. The Morgan fingerprint density at radius 1 is 1.32 bits per heavy atom. The Kier molecular flexibility index (Phi) is 5.03. The maximum atomic E-state index is 13.2. The van der Waals surface area contributed by atoms with Gasteiger partial charge in [0.05, 0.1) is 0 Å². The van der Waals surface area contributed by atoms with Gasteiger partial charge in [-0.3, -0.25) is 4.79 Å². The lowest BCUT2D eigenvalue weighted by molar-refractivity contribution is -0.139. The molecule has 0 unspecified atom stereocenters. The van der Waals surface area contributed by atoms with Crippen molar-refractivity contribution in [2.75, 3.05) is 0 Å². The topological polar surface area (TPSA) is 66.4 Å². The third-order valence-corrected chi connectivity index (χ3v) is 2.61. The molecule has 104 valence electrons. The van der Waals surface area contributed by atoms with E-state index in [9.17, 15) is 14.0 Å². The van der Waals surface area contributed by atoms with Crippen molar-refractivity contribution in [2.45, 2.75) is 33.2 Å². The SMILES string of the molecule is Cc1cc(F)cc(C(=O)N[C@@H](CC(C)C)C(=O)O)c1. The van der Waals surface area contributed by atoms with Gasteiger partial charge in [0.2, 0.25) is 0 Å². The fourth-order valence-corrected chi connectivity index (χ4v) is 1.80. The summed E-state index contributed by atoms with van der Waals surface area (Å²) < 4.78 is 13.2. The number of aliphatic carboxylic acids is 1. The van der Waals surface area contributed by atoms with Crippen molar-refractivity contribution in [3.05, 3.63) is 35.1 Å². The molecule has 1 rings (SSSR count). The number of hydrogen-bond acceptors (Lipinski definition) is 2. The zero-order chi connectivity index (χ0) is 14.6. The maximum absolute atomic E-state index is 13.2. The van der Waals surface area contributed by atoms with E-state index in [0.29, 0.717) is 12.0 Å². The van der Waals surface area contributed by atoms with Crippen LogP contribution in [0.15, 0.2) is 18.2 Å². The molecule has 0 aliphatic carbocycles. The molecule has 0 aliphatic heterocycles. The van der Waals surface area contributed by atoms with E-state index in [2.05, 4.69) is 5.32 Å². The van der Waals surface area contributed by atoms with Gasteiger partial charge in [-0.25, -0.2) is 9.18 Å². The second kappa shape index (κ2) is 6.31. The minimum absolute atomic E-state index is 0.132. The van der Waals surface area contributed by atoms with E-state index in [1.807, 2.05) is 13.8 Å². The Balaban J connectivity index is 2.84. The van der Waals surface area contributed by atoms with Crippen LogP contribution in [0.4, 0.5) is 4.39 Å². The van der Waals surface area contributed by atoms with Crippen molar-refractivity contribution in [1.82, 2.24) is 5.32 Å². The molecular weight excluding hydrogens is 249 g/mol. The number of hydrogen-bond donors (Lipinski definition) is 2. The van der Waals surface area contributed by atoms with Gasteiger partial charge in [-0.2, -0.15) is 0 Å². The highest BCUT2D eigenvalue weighted by Gasteiger charge is 2.21. The Hall–Kier alpha value is -1.91. The van der Waals surface area contributed by atoms with Crippen LogP contribution in [0.1, 0.15) is 36.2 Å². The van der Waals surface area contributed by atoms with E-state index in [0.717, 1.165) is 6.07 Å². The van der Waals surface area contributed by atoms with Gasteiger partial charge in [0.1, 0.15) is 11.9 Å². The fraction of sp³-hybridized carbons (Fsp3) is 0.429. The number of halogens is 1. The minimum Gasteiger partial charge on any atom is -0.480 e. The van der Waals surface area contributed by atoms with Crippen LogP contribution in [-0.2, 0) is 4.79 Å². The van der Waals surface area contributed by atoms with Crippen LogP contribution in [0.2, 0.25) is 0 Å². The number of aryl methyl sites for hydroxylation is 1. The molecule has 1 aromatic rings. The Labute approximate surface area is 111 Å². The van der Waals surface area contributed by atoms with E-state index >= 15 is 0 Å². The van der Waals surface area contributed by atoms with Crippen LogP contribution >= 0.6 is 0 Å². The quantitative estimate of drug-likeness (QED) is 0.860. The number of benzene rings is 1. The Morgan fingerprint density at radius 2 is 1.95 bits per heavy atom. The number of nitrogens with one attached hydrogen (secondary N) is 1. The molecule has 1 aromatic carbocycles. The van der Waals surface area contributed by atoms with Gasteiger partial charge >= 0.3 is 5.97 Å². The van der Waals surface area contributed by atoms with Crippen molar-refractivity contribution < 1.29 is 19.1 Å². The van der Waals surface area contributed by atoms with Gasteiger partial charge in [0.15, 0.2) is 0 Å². The van der Waals surface area contributed by atoms with Crippen molar-refractivity contribution in [1.29, 1.82) is 0 Å². The van der Waals surface area contributed by atoms with E-state index in [-0.39, 0.29) is 11.5 Å². The first kappa shape index (κ1) is 15.1. The first-order valence-corrected chi connectivity index (χ1v) is 6.10. The molecular formula is C14H18FNO3. The van der Waals surface area contributed by atoms with Gasteiger partial charge in [-0.05, 0) is 43.0 Å². The summed E-state index contributed by atoms with van der Waals surface area (Å²) in [6.45, 7) is 5.41. The molecule has 0 bridgehead atoms. The Morgan fingerprint density at radius 3 is 2.42 bits per heavy atom. The molecule has 5 heteroatoms. The molecule has 1 amide bonds. The third-order valence-electron chi connectivity index (χ3n) is 2.61. The van der Waals surface area contributed by atoms with Gasteiger partial charge in [0.25, 0.3) is 5.91 Å². The van der Waals surface area contributed by atoms with Crippen LogP contribution in [-0.4, -0.2) is 23.0 Å². The number of carbonyl (C=O) groups is 2. The Bertz CT molecular complexity index is 465. The third kappa shape index (κ3) is 4.69. The van der Waals surface area contributed by atoms with Crippen LogP contribution < -0.4 is 5.32 Å². The largest absolute Gasteiger partial charge is 0.480 e. The van der Waals surface area contributed by atoms with E-state index in [4.69, 9.17) is 5.11 Å². The van der Waals surface area contributed by atoms with Crippen LogP contribution in [0.3, 0.4) is 0 Å². The second-order valence-corrected chi connectivity index (χ2v) is 5.01. The smallest absolute Gasteiger partial charge is 0.326 e. The van der Waals surface area contributed by atoms with Crippen molar-refractivity contribution in [2.24, 2.45) is 5.92 Å². The zero-order valence-corrected chi connectivity index (χ0v) is 11.2. The summed E-state index contributed by atoms with van der Waals surface area (Å²) >= 11 is 0. The molecule has 0 radical (unpaired) electrons. The minimum atomic E-state index is -1.09. The summed E-state index contributed by atoms with van der Waals surface area (Å²) in [7, 11) is 0. The average molecular weight is 267 g/mol. The van der Waals surface area contributed by atoms with Crippen LogP contribution in [0.5, 0.6) is 0 Å². The van der Waals surface area contributed by atoms with E-state index in [1.54, 1.807) is 6.92 Å². The lowest BCUT2D eigenvalue weighted by atomic mass is 10.0. The standard InChI is InChI=1S/C14H18FNO3/c1-8(2)4-12(14(18)19)16-13(17)10-5-9(3)6-11(15)7-10/h5-8,12H,4H2,1-3H3,(H,16,17)(H,18,19)/t12-/m0/s1. The number of carbonyl (C=O) groups excluding carboxylic acids is 1. The first-order valence-electron chi connectivity index (χ1n) is 6.10. The molecule has 0 saturated heterocycles. The molecule has 0 aromatic heterocycles. The van der Waals surface area contributed by atoms with Crippen LogP contribution in [0, 0.1) is 18.7 Å². The second-order valence-electron chi connectivity index (χ2n) is 5.01. The van der Waals surface area contributed by atoms with Gasteiger partial charge in [0, 0.05) is 5.56 Å². The zero-order valence-electron chi connectivity index (χ0n) is 11.2. The maximum Gasteiger partial charge on any atom is 0.326 e. The monoisotopic (exact) mass is 267 g/mol. The molecule has 0 spiro atoms. The van der Waals surface area contributed by atoms with Gasteiger partial charge in [-0.15, -0.1) is 0 Å². The molecule has 0 heterocycles. The number of amides is 1. The lowest BCUT2D eigenvalue weighted by Crippen LogP contribution is -2.41. The van der Waals surface area contributed by atoms with Gasteiger partial charge < -0.3 is 10.4 Å². The summed E-state index contributed by atoms with van der Waals surface area (Å²) in [5.74, 6) is -2.04. The van der Waals surface area contributed by atoms with Gasteiger partial charge in [-0.1, -0.05) is 13.8 Å². The lowest BCUT2D eigenvalue weighted by Gasteiger charge is -2.16. The molecule has 2 N–H and O–H groups in total.